The zero-order valence-corrected chi connectivity index (χ0v) is 22.1. The van der Waals surface area contributed by atoms with E-state index in [0.717, 1.165) is 55.2 Å². The van der Waals surface area contributed by atoms with E-state index >= 15 is 0 Å². The standard InChI is InChI=1S/C30H38N4O4/c1-33(20-24-15-14-22-10-8-9-12-25(22)31-24)18-21-16-26-28(36)32-30(29(37)38)17-23(30)11-6-4-2-3-5-7-13-27(35)34(26)19-21/h6,8-12,14-15,21,23,26H,2-5,7,13,16-20H2,1H3,(H,32,36)(H,37,38)/b11-6-/t21-,23+,26-,30+/m0/s1. The van der Waals surface area contributed by atoms with E-state index in [9.17, 15) is 19.5 Å². The number of carbonyl (C=O) groups excluding carboxylic acids is 2. The summed E-state index contributed by atoms with van der Waals surface area (Å²) in [5.41, 5.74) is 0.691. The zero-order valence-electron chi connectivity index (χ0n) is 22.1. The van der Waals surface area contributed by atoms with Crippen molar-refractivity contribution in [2.75, 3.05) is 20.1 Å². The number of fused-ring (bicyclic) bond motifs is 3. The van der Waals surface area contributed by atoms with Crippen molar-refractivity contribution in [3.8, 4) is 0 Å². The molecule has 5 rings (SSSR count). The molecule has 38 heavy (non-hydrogen) atoms. The van der Waals surface area contributed by atoms with Crippen molar-refractivity contribution >= 4 is 28.7 Å². The third-order valence-corrected chi connectivity index (χ3v) is 8.29. The molecule has 1 aromatic carbocycles. The molecule has 3 aliphatic rings. The first-order valence-electron chi connectivity index (χ1n) is 13.9. The summed E-state index contributed by atoms with van der Waals surface area (Å²) >= 11 is 0. The van der Waals surface area contributed by atoms with Gasteiger partial charge in [0.1, 0.15) is 11.6 Å². The van der Waals surface area contributed by atoms with Crippen LogP contribution in [0.2, 0.25) is 0 Å². The minimum atomic E-state index is -1.25. The third-order valence-electron chi connectivity index (χ3n) is 8.29. The van der Waals surface area contributed by atoms with Gasteiger partial charge in [-0.25, -0.2) is 4.79 Å². The van der Waals surface area contributed by atoms with E-state index in [1.165, 1.54) is 0 Å². The highest BCUT2D eigenvalue weighted by Crippen LogP contribution is 2.45. The van der Waals surface area contributed by atoms with E-state index in [0.29, 0.717) is 32.4 Å². The molecule has 2 fully saturated rings. The van der Waals surface area contributed by atoms with Gasteiger partial charge in [-0.05, 0) is 57.2 Å². The molecular weight excluding hydrogens is 480 g/mol. The molecule has 0 bridgehead atoms. The Kier molecular flexibility index (Phi) is 7.79. The fourth-order valence-electron chi connectivity index (χ4n) is 6.12. The Balaban J connectivity index is 1.28. The second-order valence-corrected chi connectivity index (χ2v) is 11.3. The Morgan fingerprint density at radius 1 is 1.16 bits per heavy atom. The number of carboxylic acid groups (broad SMARTS) is 1. The van der Waals surface area contributed by atoms with Gasteiger partial charge < -0.3 is 20.2 Å². The number of aliphatic carboxylic acids is 1. The SMILES string of the molecule is CN(Cc1ccc2ccccc2n1)C[C@@H]1C[C@H]2C(=O)N[C@]3(C(=O)O)C[C@H]3/C=C\CCCCCCC(=O)N2C1. The van der Waals surface area contributed by atoms with Gasteiger partial charge in [0, 0.05) is 37.4 Å². The van der Waals surface area contributed by atoms with Crippen LogP contribution in [0.4, 0.5) is 0 Å². The number of carbonyl (C=O) groups is 3. The lowest BCUT2D eigenvalue weighted by Crippen LogP contribution is -2.53. The number of hydrogen-bond donors (Lipinski definition) is 2. The number of carboxylic acids is 1. The normalized spacial score (nSPS) is 29.2. The molecule has 3 heterocycles. The Morgan fingerprint density at radius 3 is 2.82 bits per heavy atom. The molecule has 2 aromatic rings. The maximum Gasteiger partial charge on any atom is 0.330 e. The average Bonchev–Trinajstić information content (AvgIpc) is 3.43. The first-order chi connectivity index (χ1) is 18.4. The van der Waals surface area contributed by atoms with Crippen LogP contribution in [-0.2, 0) is 20.9 Å². The monoisotopic (exact) mass is 518 g/mol. The molecule has 1 aliphatic carbocycles. The molecule has 0 radical (unpaired) electrons. The molecule has 0 unspecified atom stereocenters. The van der Waals surface area contributed by atoms with Gasteiger partial charge in [0.25, 0.3) is 0 Å². The van der Waals surface area contributed by atoms with Crippen LogP contribution in [0.15, 0.2) is 48.6 Å². The number of rotatable bonds is 5. The minimum absolute atomic E-state index is 0.00350. The molecule has 202 valence electrons. The summed E-state index contributed by atoms with van der Waals surface area (Å²) in [6, 6.07) is 11.5. The van der Waals surface area contributed by atoms with Crippen molar-refractivity contribution in [2.24, 2.45) is 11.8 Å². The Bertz CT molecular complexity index is 1230. The Morgan fingerprint density at radius 2 is 1.97 bits per heavy atom. The smallest absolute Gasteiger partial charge is 0.330 e. The van der Waals surface area contributed by atoms with E-state index in [2.05, 4.69) is 16.3 Å². The van der Waals surface area contributed by atoms with Crippen LogP contribution < -0.4 is 5.32 Å². The van der Waals surface area contributed by atoms with Crippen molar-refractivity contribution in [3.63, 3.8) is 0 Å². The third kappa shape index (κ3) is 5.75. The number of nitrogens with one attached hydrogen (secondary N) is 1. The first kappa shape index (κ1) is 26.4. The predicted molar refractivity (Wildman–Crippen MR) is 145 cm³/mol. The molecule has 4 atom stereocenters. The number of hydrogen-bond acceptors (Lipinski definition) is 5. The van der Waals surface area contributed by atoms with Crippen molar-refractivity contribution in [3.05, 3.63) is 54.2 Å². The van der Waals surface area contributed by atoms with Crippen molar-refractivity contribution < 1.29 is 19.5 Å². The molecule has 8 heteroatoms. The maximum atomic E-state index is 13.5. The number of allylic oxidation sites excluding steroid dienone is 1. The molecule has 1 aromatic heterocycles. The van der Waals surface area contributed by atoms with Gasteiger partial charge in [-0.2, -0.15) is 0 Å². The lowest BCUT2D eigenvalue weighted by Gasteiger charge is -2.26. The van der Waals surface area contributed by atoms with Gasteiger partial charge >= 0.3 is 5.97 Å². The molecular formula is C30H38N4O4. The number of aromatic nitrogens is 1. The largest absolute Gasteiger partial charge is 0.479 e. The van der Waals surface area contributed by atoms with Gasteiger partial charge in [-0.3, -0.25) is 14.6 Å². The highest BCUT2D eigenvalue weighted by Gasteiger charge is 2.61. The highest BCUT2D eigenvalue weighted by atomic mass is 16.4. The van der Waals surface area contributed by atoms with Crippen molar-refractivity contribution in [1.29, 1.82) is 0 Å². The number of nitrogens with zero attached hydrogens (tertiary/aromatic N) is 3. The summed E-state index contributed by atoms with van der Waals surface area (Å²) in [7, 11) is 2.04. The fraction of sp³-hybridized carbons (Fsp3) is 0.533. The molecule has 2 aliphatic heterocycles. The van der Waals surface area contributed by atoms with Gasteiger partial charge in [0.05, 0.1) is 11.2 Å². The quantitative estimate of drug-likeness (QED) is 0.585. The van der Waals surface area contributed by atoms with E-state index in [-0.39, 0.29) is 23.7 Å². The summed E-state index contributed by atoms with van der Waals surface area (Å²) in [6.07, 6.45) is 10.1. The molecule has 2 amide bonds. The maximum absolute atomic E-state index is 13.5. The second-order valence-electron chi connectivity index (χ2n) is 11.3. The second kappa shape index (κ2) is 11.2. The lowest BCUT2D eigenvalue weighted by molar-refractivity contribution is -0.145. The summed E-state index contributed by atoms with van der Waals surface area (Å²) in [4.78, 5) is 47.5. The lowest BCUT2D eigenvalue weighted by atomic mass is 10.0. The van der Waals surface area contributed by atoms with Crippen LogP contribution in [0, 0.1) is 11.8 Å². The summed E-state index contributed by atoms with van der Waals surface area (Å²) in [5, 5.41) is 13.9. The number of para-hydroxylation sites is 1. The Labute approximate surface area is 224 Å². The van der Waals surface area contributed by atoms with Crippen LogP contribution in [0.25, 0.3) is 10.9 Å². The van der Waals surface area contributed by atoms with E-state index in [4.69, 9.17) is 4.98 Å². The van der Waals surface area contributed by atoms with Gasteiger partial charge in [0.2, 0.25) is 11.8 Å². The fourth-order valence-corrected chi connectivity index (χ4v) is 6.12. The molecule has 1 saturated heterocycles. The topological polar surface area (TPSA) is 103 Å². The summed E-state index contributed by atoms with van der Waals surface area (Å²) in [6.45, 7) is 1.90. The average molecular weight is 519 g/mol. The first-order valence-corrected chi connectivity index (χ1v) is 13.9. The minimum Gasteiger partial charge on any atom is -0.479 e. The molecule has 2 N–H and O–H groups in total. The van der Waals surface area contributed by atoms with Crippen LogP contribution >= 0.6 is 0 Å². The predicted octanol–water partition coefficient (Wildman–Crippen LogP) is 3.75. The summed E-state index contributed by atoms with van der Waals surface area (Å²) in [5.74, 6) is -1.42. The zero-order chi connectivity index (χ0) is 26.7. The molecule has 1 saturated carbocycles. The van der Waals surface area contributed by atoms with E-state index < -0.39 is 17.6 Å². The van der Waals surface area contributed by atoms with Gasteiger partial charge in [-0.1, -0.05) is 49.3 Å². The van der Waals surface area contributed by atoms with Gasteiger partial charge in [-0.15, -0.1) is 0 Å². The number of benzene rings is 1. The molecule has 8 nitrogen and oxygen atoms in total. The van der Waals surface area contributed by atoms with Crippen molar-refractivity contribution in [2.45, 2.75) is 69.5 Å². The summed E-state index contributed by atoms with van der Waals surface area (Å²) < 4.78 is 0. The van der Waals surface area contributed by atoms with E-state index in [1.807, 2.05) is 49.5 Å². The molecule has 0 spiro atoms. The van der Waals surface area contributed by atoms with Crippen LogP contribution in [0.5, 0.6) is 0 Å². The van der Waals surface area contributed by atoms with E-state index in [1.54, 1.807) is 4.90 Å². The number of amides is 2. The van der Waals surface area contributed by atoms with Crippen LogP contribution in [0.3, 0.4) is 0 Å². The van der Waals surface area contributed by atoms with Crippen LogP contribution in [-0.4, -0.2) is 69.4 Å². The number of pyridine rings is 1. The van der Waals surface area contributed by atoms with Gasteiger partial charge in [0.15, 0.2) is 0 Å². The Hall–Kier alpha value is -3.26. The highest BCUT2D eigenvalue weighted by molar-refractivity contribution is 5.94. The van der Waals surface area contributed by atoms with Crippen LogP contribution in [0.1, 0.15) is 57.1 Å². The van der Waals surface area contributed by atoms with Crippen molar-refractivity contribution in [1.82, 2.24) is 20.1 Å².